The number of nitro groups is 1. The highest BCUT2D eigenvalue weighted by atomic mass is 16.6. The van der Waals surface area contributed by atoms with E-state index < -0.39 is 5.97 Å². The van der Waals surface area contributed by atoms with Crippen molar-refractivity contribution in [3.8, 4) is 23.7 Å². The molecule has 1 aliphatic rings. The van der Waals surface area contributed by atoms with E-state index in [-0.39, 0.29) is 22.8 Å². The lowest BCUT2D eigenvalue weighted by Crippen LogP contribution is -2.29. The number of terminal acetylenes is 1. The Morgan fingerprint density at radius 1 is 1.31 bits per heavy atom. The molecule has 1 fully saturated rings. The van der Waals surface area contributed by atoms with Crippen molar-refractivity contribution in [1.29, 1.82) is 0 Å². The van der Waals surface area contributed by atoms with Crippen molar-refractivity contribution in [2.45, 2.75) is 26.2 Å². The number of nitro benzene ring substituents is 1. The quantitative estimate of drug-likeness (QED) is 0.237. The van der Waals surface area contributed by atoms with Crippen LogP contribution in [0.2, 0.25) is 0 Å². The van der Waals surface area contributed by atoms with Crippen LogP contribution in [0.4, 0.5) is 11.4 Å². The summed E-state index contributed by atoms with van der Waals surface area (Å²) in [5.74, 6) is 2.49. The van der Waals surface area contributed by atoms with Crippen LogP contribution in [-0.4, -0.2) is 30.6 Å². The summed E-state index contributed by atoms with van der Waals surface area (Å²) >= 11 is 0. The predicted octanol–water partition coefficient (Wildman–Crippen LogP) is 4.42. The zero-order valence-corrected chi connectivity index (χ0v) is 16.2. The van der Waals surface area contributed by atoms with Gasteiger partial charge >= 0.3 is 5.97 Å². The number of hydrogen-bond donors (Lipinski definition) is 0. The molecule has 3 rings (SSSR count). The van der Waals surface area contributed by atoms with Gasteiger partial charge in [-0.2, -0.15) is 0 Å². The van der Waals surface area contributed by atoms with Gasteiger partial charge in [-0.1, -0.05) is 5.92 Å². The third-order valence-corrected chi connectivity index (χ3v) is 4.72. The van der Waals surface area contributed by atoms with Gasteiger partial charge in [0.2, 0.25) is 0 Å². The number of hydrogen-bond acceptors (Lipinski definition) is 6. The van der Waals surface area contributed by atoms with Gasteiger partial charge in [0.15, 0.2) is 0 Å². The van der Waals surface area contributed by atoms with Gasteiger partial charge in [-0.25, -0.2) is 4.79 Å². The van der Waals surface area contributed by atoms with Crippen LogP contribution in [0.5, 0.6) is 0 Å². The van der Waals surface area contributed by atoms with Crippen LogP contribution in [-0.2, 0) is 9.53 Å². The molecular formula is C22H22N2O5. The first-order chi connectivity index (χ1) is 14.0. The second-order valence-electron chi connectivity index (χ2n) is 6.63. The Bertz CT molecular complexity index is 977. The van der Waals surface area contributed by atoms with Crippen molar-refractivity contribution < 1.29 is 18.9 Å². The molecule has 0 bridgehead atoms. The van der Waals surface area contributed by atoms with E-state index >= 15 is 0 Å². The molecule has 1 aromatic heterocycles. The normalized spacial score (nSPS) is 14.3. The number of ether oxygens (including phenoxy) is 1. The molecule has 0 unspecified atom stereocenters. The van der Waals surface area contributed by atoms with Crippen LogP contribution >= 0.6 is 0 Å². The maximum atomic E-state index is 11.8. The fraction of sp³-hybridized carbons (Fsp3) is 0.318. The Balaban J connectivity index is 1.90. The summed E-state index contributed by atoms with van der Waals surface area (Å²) in [6.45, 7) is 3.54. The number of furan rings is 1. The number of piperidine rings is 1. The van der Waals surface area contributed by atoms with Crippen LogP contribution in [0.15, 0.2) is 40.3 Å². The number of esters is 1. The van der Waals surface area contributed by atoms with Crippen molar-refractivity contribution in [1.82, 2.24) is 0 Å². The second-order valence-corrected chi connectivity index (χ2v) is 6.63. The molecule has 7 heteroatoms. The van der Waals surface area contributed by atoms with Crippen molar-refractivity contribution in [3.63, 3.8) is 0 Å². The minimum atomic E-state index is -0.602. The third-order valence-electron chi connectivity index (χ3n) is 4.72. The molecule has 29 heavy (non-hydrogen) atoms. The summed E-state index contributed by atoms with van der Waals surface area (Å²) in [5.41, 5.74) is 1.30. The summed E-state index contributed by atoms with van der Waals surface area (Å²) < 4.78 is 10.6. The summed E-state index contributed by atoms with van der Waals surface area (Å²) in [5, 5.41) is 11.6. The van der Waals surface area contributed by atoms with Gasteiger partial charge in [0.1, 0.15) is 22.8 Å². The Labute approximate surface area is 169 Å². The maximum absolute atomic E-state index is 11.8. The molecule has 2 heterocycles. The molecule has 0 amide bonds. The third kappa shape index (κ3) is 4.66. The maximum Gasteiger partial charge on any atom is 0.346 e. The first-order valence-electron chi connectivity index (χ1n) is 9.52. The molecule has 1 aliphatic heterocycles. The molecule has 0 N–H and O–H groups in total. The molecule has 150 valence electrons. The summed E-state index contributed by atoms with van der Waals surface area (Å²) in [7, 11) is 0. The highest BCUT2D eigenvalue weighted by Crippen LogP contribution is 2.35. The topological polar surface area (TPSA) is 85.8 Å². The number of rotatable bonds is 6. The standard InChI is InChI=1S/C22H22N2O5/c1-3-16(22(25)28-4-2)14-18-9-11-21(29-18)17-8-10-19(20(15-17)24(26)27)23-12-6-5-7-13-23/h1,8-11,14-15H,4-7,12-13H2,2H3/b16-14-. The van der Waals surface area contributed by atoms with E-state index in [9.17, 15) is 14.9 Å². The molecule has 1 aromatic carbocycles. The van der Waals surface area contributed by atoms with Gasteiger partial charge in [0.05, 0.1) is 11.5 Å². The molecular weight excluding hydrogens is 372 g/mol. The lowest BCUT2D eigenvalue weighted by Gasteiger charge is -2.28. The van der Waals surface area contributed by atoms with E-state index in [1.165, 1.54) is 12.1 Å². The molecule has 1 saturated heterocycles. The first kappa shape index (κ1) is 20.2. The Morgan fingerprint density at radius 2 is 2.07 bits per heavy atom. The van der Waals surface area contributed by atoms with Gasteiger partial charge in [-0.15, -0.1) is 6.42 Å². The minimum Gasteiger partial charge on any atom is -0.462 e. The van der Waals surface area contributed by atoms with Crippen molar-refractivity contribution >= 4 is 23.4 Å². The van der Waals surface area contributed by atoms with Gasteiger partial charge in [0, 0.05) is 30.8 Å². The zero-order valence-electron chi connectivity index (χ0n) is 16.2. The van der Waals surface area contributed by atoms with Gasteiger partial charge < -0.3 is 14.1 Å². The number of anilines is 1. The molecule has 0 saturated carbocycles. The number of carbonyl (C=O) groups excluding carboxylic acids is 1. The van der Waals surface area contributed by atoms with E-state index in [2.05, 4.69) is 10.8 Å². The van der Waals surface area contributed by atoms with E-state index in [4.69, 9.17) is 15.6 Å². The smallest absolute Gasteiger partial charge is 0.346 e. The largest absolute Gasteiger partial charge is 0.462 e. The van der Waals surface area contributed by atoms with Crippen molar-refractivity contribution in [2.75, 3.05) is 24.6 Å². The zero-order chi connectivity index (χ0) is 20.8. The average molecular weight is 394 g/mol. The first-order valence-corrected chi connectivity index (χ1v) is 9.52. The lowest BCUT2D eigenvalue weighted by molar-refractivity contribution is -0.384. The monoisotopic (exact) mass is 394 g/mol. The molecule has 0 spiro atoms. The van der Waals surface area contributed by atoms with Gasteiger partial charge in [0.25, 0.3) is 5.69 Å². The van der Waals surface area contributed by atoms with E-state index in [1.807, 2.05) is 0 Å². The SMILES string of the molecule is C#C/C(=C/c1ccc(-c2ccc(N3CCCCC3)c([N+](=O)[O-])c2)o1)C(=O)OCC. The number of nitrogens with zero attached hydrogens (tertiary/aromatic N) is 2. The highest BCUT2D eigenvalue weighted by Gasteiger charge is 2.22. The number of carbonyl (C=O) groups is 1. The fourth-order valence-corrected chi connectivity index (χ4v) is 3.32. The average Bonchev–Trinajstić information content (AvgIpc) is 3.21. The lowest BCUT2D eigenvalue weighted by atomic mass is 10.1. The van der Waals surface area contributed by atoms with Gasteiger partial charge in [-0.3, -0.25) is 10.1 Å². The number of benzene rings is 1. The van der Waals surface area contributed by atoms with Crippen molar-refractivity contribution in [3.05, 3.63) is 51.8 Å². The Kier molecular flexibility index (Phi) is 6.35. The van der Waals surface area contributed by atoms with E-state index in [0.29, 0.717) is 22.8 Å². The Morgan fingerprint density at radius 3 is 2.72 bits per heavy atom. The Hall–Kier alpha value is -3.53. The molecule has 2 aromatic rings. The fourth-order valence-electron chi connectivity index (χ4n) is 3.32. The van der Waals surface area contributed by atoms with Crippen LogP contribution in [0.3, 0.4) is 0 Å². The summed E-state index contributed by atoms with van der Waals surface area (Å²) in [4.78, 5) is 25.1. The molecule has 0 radical (unpaired) electrons. The van der Waals surface area contributed by atoms with Crippen molar-refractivity contribution in [2.24, 2.45) is 0 Å². The van der Waals surface area contributed by atoms with Crippen LogP contribution in [0, 0.1) is 22.5 Å². The second kappa shape index (κ2) is 9.11. The molecule has 7 nitrogen and oxygen atoms in total. The van der Waals surface area contributed by atoms with Gasteiger partial charge in [-0.05, 0) is 50.5 Å². The molecule has 0 aliphatic carbocycles. The van der Waals surface area contributed by atoms with Crippen LogP contribution in [0.1, 0.15) is 31.9 Å². The summed E-state index contributed by atoms with van der Waals surface area (Å²) in [6.07, 6.45) is 10.00. The van der Waals surface area contributed by atoms with E-state index in [0.717, 1.165) is 32.4 Å². The van der Waals surface area contributed by atoms with E-state index in [1.54, 1.807) is 31.2 Å². The van der Waals surface area contributed by atoms with Crippen LogP contribution in [0.25, 0.3) is 17.4 Å². The molecule has 0 atom stereocenters. The highest BCUT2D eigenvalue weighted by molar-refractivity contribution is 5.98. The summed E-state index contributed by atoms with van der Waals surface area (Å²) in [6, 6.07) is 8.42. The van der Waals surface area contributed by atoms with Crippen LogP contribution < -0.4 is 4.90 Å². The predicted molar refractivity (Wildman–Crippen MR) is 110 cm³/mol. The minimum absolute atomic E-state index is 0.0409.